The molecule has 0 radical (unpaired) electrons. The van der Waals surface area contributed by atoms with E-state index in [0.29, 0.717) is 23.9 Å². The lowest BCUT2D eigenvalue weighted by Gasteiger charge is -2.33. The number of nitrogens with one attached hydrogen (secondary N) is 1. The summed E-state index contributed by atoms with van der Waals surface area (Å²) < 4.78 is 11.2. The molecule has 2 saturated heterocycles. The lowest BCUT2D eigenvalue weighted by molar-refractivity contribution is -0.157. The van der Waals surface area contributed by atoms with E-state index in [2.05, 4.69) is 71.4 Å². The van der Waals surface area contributed by atoms with Crippen LogP contribution in [0.4, 0.5) is 4.79 Å². The van der Waals surface area contributed by atoms with Gasteiger partial charge in [-0.25, -0.2) is 4.79 Å². The minimum atomic E-state index is -0.863. The van der Waals surface area contributed by atoms with Crippen LogP contribution in [0.25, 0.3) is 16.7 Å². The third-order valence-corrected chi connectivity index (χ3v) is 13.0. The van der Waals surface area contributed by atoms with E-state index in [9.17, 15) is 19.2 Å². The number of rotatable bonds is 13. The number of amides is 3. The zero-order valence-electron chi connectivity index (χ0n) is 39.1. The zero-order chi connectivity index (χ0) is 46.3. The van der Waals surface area contributed by atoms with Crippen molar-refractivity contribution < 1.29 is 28.7 Å². The summed E-state index contributed by atoms with van der Waals surface area (Å²) in [7, 11) is 0. The van der Waals surface area contributed by atoms with Crippen molar-refractivity contribution in [3.05, 3.63) is 150 Å². The van der Waals surface area contributed by atoms with Crippen molar-refractivity contribution in [1.29, 1.82) is 0 Å². The summed E-state index contributed by atoms with van der Waals surface area (Å²) in [5.74, 6) is -0.173. The molecular formula is C56H67N3O6. The van der Waals surface area contributed by atoms with Crippen LogP contribution >= 0.6 is 0 Å². The molecule has 0 aromatic heterocycles. The van der Waals surface area contributed by atoms with Crippen LogP contribution in [0, 0.1) is 5.92 Å². The number of hydrogen-bond acceptors (Lipinski definition) is 6. The van der Waals surface area contributed by atoms with Crippen LogP contribution in [0.3, 0.4) is 0 Å². The summed E-state index contributed by atoms with van der Waals surface area (Å²) >= 11 is 0. The van der Waals surface area contributed by atoms with Gasteiger partial charge in [-0.1, -0.05) is 128 Å². The Labute approximate surface area is 386 Å². The molecule has 9 heteroatoms. The van der Waals surface area contributed by atoms with E-state index in [1.54, 1.807) is 20.8 Å². The summed E-state index contributed by atoms with van der Waals surface area (Å²) in [5, 5.41) is 2.83. The third kappa shape index (κ3) is 12.2. The second kappa shape index (κ2) is 20.5. The normalized spacial score (nSPS) is 21.0. The van der Waals surface area contributed by atoms with Gasteiger partial charge in [0.2, 0.25) is 11.8 Å². The van der Waals surface area contributed by atoms with Gasteiger partial charge in [0.05, 0.1) is 18.4 Å². The molecule has 3 aliphatic rings. The summed E-state index contributed by atoms with van der Waals surface area (Å²) in [4.78, 5) is 58.1. The second-order valence-electron chi connectivity index (χ2n) is 20.1. The van der Waals surface area contributed by atoms with Gasteiger partial charge in [-0.3, -0.25) is 14.4 Å². The Morgan fingerprint density at radius 1 is 0.692 bits per heavy atom. The average Bonchev–Trinajstić information content (AvgIpc) is 4.08. The van der Waals surface area contributed by atoms with Gasteiger partial charge in [-0.15, -0.1) is 0 Å². The fourth-order valence-electron chi connectivity index (χ4n) is 9.95. The Morgan fingerprint density at radius 2 is 1.28 bits per heavy atom. The van der Waals surface area contributed by atoms with Gasteiger partial charge in [0.25, 0.3) is 0 Å². The van der Waals surface area contributed by atoms with E-state index >= 15 is 0 Å². The Bertz CT molecular complexity index is 2310. The quantitative estimate of drug-likeness (QED) is 0.106. The van der Waals surface area contributed by atoms with Crippen molar-refractivity contribution in [2.75, 3.05) is 13.1 Å². The lowest BCUT2D eigenvalue weighted by atomic mass is 9.89. The van der Waals surface area contributed by atoms with Crippen LogP contribution in [0.5, 0.6) is 0 Å². The third-order valence-electron chi connectivity index (χ3n) is 13.0. The standard InChI is InChI=1S/C56H67N3O6/c1-38(22-33-47-20-14-34-58(47)53(62)51(44-18-12-9-13-19-44)57-54(63)65-56(5,6)7)39-23-25-40(26-24-39)41-27-29-42(30-28-41)45-31-32-46(36-45)49-21-15-35-59(49)52(61)48(43-16-10-8-11-17-43)37-50(60)64-55(2,3)4/h8-13,16-19,22-30,33,45-49,51H,1,14-15,20-21,31-32,34-37H2,2-7H3,(H,57,63)/t45?,46?,47-,48+,49-,51+/m0/s1. The van der Waals surface area contributed by atoms with E-state index in [1.807, 2.05) is 92.4 Å². The lowest BCUT2D eigenvalue weighted by Crippen LogP contribution is -2.45. The summed E-state index contributed by atoms with van der Waals surface area (Å²) in [6, 6.07) is 35.6. The van der Waals surface area contributed by atoms with Crippen LogP contribution in [-0.2, 0) is 23.9 Å². The van der Waals surface area contributed by atoms with Crippen LogP contribution in [-0.4, -0.2) is 70.1 Å². The highest BCUT2D eigenvalue weighted by atomic mass is 16.6. The fraction of sp³-hybridized carbons (Fsp3) is 0.429. The minimum Gasteiger partial charge on any atom is -0.460 e. The summed E-state index contributed by atoms with van der Waals surface area (Å²) in [6.07, 6.45) is 10.4. The maximum Gasteiger partial charge on any atom is 0.408 e. The summed E-state index contributed by atoms with van der Waals surface area (Å²) in [5.41, 5.74) is 5.73. The van der Waals surface area contributed by atoms with Gasteiger partial charge in [-0.2, -0.15) is 0 Å². The smallest absolute Gasteiger partial charge is 0.408 e. The maximum atomic E-state index is 14.3. The molecule has 4 aromatic rings. The first-order valence-corrected chi connectivity index (χ1v) is 23.5. The molecule has 9 nitrogen and oxygen atoms in total. The van der Waals surface area contributed by atoms with E-state index in [4.69, 9.17) is 9.47 Å². The van der Waals surface area contributed by atoms with Crippen molar-refractivity contribution >= 4 is 29.5 Å². The highest BCUT2D eigenvalue weighted by molar-refractivity contribution is 5.89. The van der Waals surface area contributed by atoms with Crippen molar-refractivity contribution in [3.8, 4) is 11.1 Å². The first-order valence-electron chi connectivity index (χ1n) is 23.5. The Morgan fingerprint density at radius 3 is 1.91 bits per heavy atom. The average molecular weight is 878 g/mol. The maximum absolute atomic E-state index is 14.3. The van der Waals surface area contributed by atoms with E-state index in [0.717, 1.165) is 79.3 Å². The number of likely N-dealkylation sites (tertiary alicyclic amines) is 2. The molecule has 65 heavy (non-hydrogen) atoms. The molecule has 342 valence electrons. The van der Waals surface area contributed by atoms with E-state index in [1.165, 1.54) is 5.56 Å². The number of esters is 1. The number of nitrogens with zero attached hydrogens (tertiary/aromatic N) is 2. The predicted molar refractivity (Wildman–Crippen MR) is 258 cm³/mol. The molecule has 1 N–H and O–H groups in total. The fourth-order valence-corrected chi connectivity index (χ4v) is 9.95. The Hall–Kier alpha value is -5.96. The molecule has 4 aromatic carbocycles. The number of hydrogen-bond donors (Lipinski definition) is 1. The molecule has 1 aliphatic carbocycles. The van der Waals surface area contributed by atoms with Crippen LogP contribution < -0.4 is 5.32 Å². The first-order chi connectivity index (χ1) is 31.0. The molecule has 1 saturated carbocycles. The van der Waals surface area contributed by atoms with Gasteiger partial charge in [0, 0.05) is 19.1 Å². The van der Waals surface area contributed by atoms with Gasteiger partial charge in [0.15, 0.2) is 0 Å². The van der Waals surface area contributed by atoms with E-state index < -0.39 is 29.3 Å². The molecule has 0 bridgehead atoms. The topological polar surface area (TPSA) is 105 Å². The van der Waals surface area contributed by atoms with Gasteiger partial charge >= 0.3 is 12.1 Å². The Balaban J connectivity index is 0.950. The zero-order valence-corrected chi connectivity index (χ0v) is 39.1. The SMILES string of the molecule is C=C(C=C[C@@H]1CCCN1C(=O)[C@H](NC(=O)OC(C)(C)C)c1ccccc1)c1ccc(-c2ccc(C3CCC([C@@H]4CCCN4C(=O)[C@H](CC(=O)OC(C)(C)C)c4ccccc4)C3)cc2)cc1. The monoisotopic (exact) mass is 878 g/mol. The molecule has 0 spiro atoms. The first kappa shape index (κ1) is 47.0. The predicted octanol–water partition coefficient (Wildman–Crippen LogP) is 11.6. The molecule has 2 heterocycles. The number of benzene rings is 4. The minimum absolute atomic E-state index is 0.0371. The van der Waals surface area contributed by atoms with Gasteiger partial charge < -0.3 is 24.6 Å². The molecule has 6 atom stereocenters. The number of carbonyl (C=O) groups is 4. The molecule has 2 unspecified atom stereocenters. The summed E-state index contributed by atoms with van der Waals surface area (Å²) in [6.45, 7) is 16.7. The number of alkyl carbamates (subject to hydrolysis) is 1. The molecule has 3 amide bonds. The van der Waals surface area contributed by atoms with Crippen LogP contribution in [0.1, 0.15) is 133 Å². The van der Waals surface area contributed by atoms with Gasteiger partial charge in [0.1, 0.15) is 17.2 Å². The highest BCUT2D eigenvalue weighted by Gasteiger charge is 2.42. The van der Waals surface area contributed by atoms with Crippen molar-refractivity contribution in [2.45, 2.75) is 134 Å². The molecule has 7 rings (SSSR count). The largest absolute Gasteiger partial charge is 0.460 e. The molecule has 3 fully saturated rings. The second-order valence-corrected chi connectivity index (χ2v) is 20.1. The van der Waals surface area contributed by atoms with E-state index in [-0.39, 0.29) is 36.3 Å². The number of allylic oxidation sites excluding steroid dienone is 2. The van der Waals surface area contributed by atoms with Crippen molar-refractivity contribution in [2.24, 2.45) is 5.92 Å². The molecule has 2 aliphatic heterocycles. The molecular weight excluding hydrogens is 811 g/mol. The van der Waals surface area contributed by atoms with Crippen LogP contribution in [0.2, 0.25) is 0 Å². The number of carbonyl (C=O) groups excluding carboxylic acids is 4. The number of ether oxygens (including phenoxy) is 2. The van der Waals surface area contributed by atoms with Gasteiger partial charge in [-0.05, 0) is 137 Å². The highest BCUT2D eigenvalue weighted by Crippen LogP contribution is 2.44. The van der Waals surface area contributed by atoms with Crippen LogP contribution in [0.15, 0.2) is 128 Å². The van der Waals surface area contributed by atoms with Crippen molar-refractivity contribution in [1.82, 2.24) is 15.1 Å². The Kier molecular flexibility index (Phi) is 14.8. The van der Waals surface area contributed by atoms with Crippen molar-refractivity contribution in [3.63, 3.8) is 0 Å².